The van der Waals surface area contributed by atoms with Gasteiger partial charge >= 0.3 is 5.97 Å². The first-order valence-electron chi connectivity index (χ1n) is 3.56. The van der Waals surface area contributed by atoms with Crippen molar-refractivity contribution in [2.24, 2.45) is 0 Å². The van der Waals surface area contributed by atoms with E-state index in [1.54, 1.807) is 18.2 Å². The van der Waals surface area contributed by atoms with Gasteiger partial charge in [0.15, 0.2) is 0 Å². The van der Waals surface area contributed by atoms with E-state index in [0.29, 0.717) is 5.56 Å². The Bertz CT molecular complexity index is 271. The minimum absolute atomic E-state index is 0. The maximum Gasteiger partial charge on any atom is 0.335 e. The molecule has 0 aliphatic heterocycles. The van der Waals surface area contributed by atoms with Crippen molar-refractivity contribution in [2.45, 2.75) is 13.3 Å². The summed E-state index contributed by atoms with van der Waals surface area (Å²) in [5.41, 5.74) is 1.43. The normalized spacial score (nSPS) is 8.75. The van der Waals surface area contributed by atoms with E-state index in [0.717, 1.165) is 12.0 Å². The van der Waals surface area contributed by atoms with Crippen LogP contribution in [0.15, 0.2) is 24.3 Å². The molecular formula is C9H10O2Zn. The minimum Gasteiger partial charge on any atom is -0.478 e. The van der Waals surface area contributed by atoms with Crippen LogP contribution < -0.4 is 0 Å². The Balaban J connectivity index is 0.00000121. The van der Waals surface area contributed by atoms with E-state index in [-0.39, 0.29) is 19.5 Å². The Hall–Kier alpha value is -0.687. The fraction of sp³-hybridized carbons (Fsp3) is 0.222. The maximum absolute atomic E-state index is 10.5. The molecule has 0 amide bonds. The number of carboxylic acid groups (broad SMARTS) is 1. The monoisotopic (exact) mass is 214 g/mol. The second kappa shape index (κ2) is 5.05. The summed E-state index contributed by atoms with van der Waals surface area (Å²) in [6.45, 7) is 2.00. The SMILES string of the molecule is CCc1cccc(C(=O)O)c1.[Zn]. The van der Waals surface area contributed by atoms with Crippen molar-refractivity contribution < 1.29 is 29.4 Å². The molecule has 0 bridgehead atoms. The van der Waals surface area contributed by atoms with Gasteiger partial charge in [-0.2, -0.15) is 0 Å². The van der Waals surface area contributed by atoms with Crippen molar-refractivity contribution in [3.05, 3.63) is 35.4 Å². The van der Waals surface area contributed by atoms with Gasteiger partial charge in [-0.1, -0.05) is 19.1 Å². The molecule has 2 nitrogen and oxygen atoms in total. The molecule has 3 heteroatoms. The van der Waals surface area contributed by atoms with E-state index in [9.17, 15) is 4.79 Å². The van der Waals surface area contributed by atoms with Crippen LogP contribution in [0.25, 0.3) is 0 Å². The largest absolute Gasteiger partial charge is 0.478 e. The van der Waals surface area contributed by atoms with Gasteiger partial charge in [0.1, 0.15) is 0 Å². The molecule has 0 aromatic heterocycles. The van der Waals surface area contributed by atoms with Crippen LogP contribution in [0.4, 0.5) is 0 Å². The Labute approximate surface area is 84.4 Å². The van der Waals surface area contributed by atoms with Crippen molar-refractivity contribution in [1.82, 2.24) is 0 Å². The summed E-state index contributed by atoms with van der Waals surface area (Å²) in [4.78, 5) is 10.5. The zero-order valence-electron chi connectivity index (χ0n) is 7.08. The van der Waals surface area contributed by atoms with Gasteiger partial charge in [0, 0.05) is 19.5 Å². The number of rotatable bonds is 2. The number of carboxylic acids is 1. The van der Waals surface area contributed by atoms with Gasteiger partial charge in [0.2, 0.25) is 0 Å². The van der Waals surface area contributed by atoms with E-state index < -0.39 is 5.97 Å². The molecular weight excluding hydrogens is 205 g/mol. The molecule has 0 spiro atoms. The van der Waals surface area contributed by atoms with E-state index in [4.69, 9.17) is 5.11 Å². The molecule has 0 aliphatic rings. The van der Waals surface area contributed by atoms with Crippen LogP contribution in [0.1, 0.15) is 22.8 Å². The molecule has 1 rings (SSSR count). The first-order valence-corrected chi connectivity index (χ1v) is 3.56. The zero-order chi connectivity index (χ0) is 8.27. The van der Waals surface area contributed by atoms with Crippen LogP contribution in [0.2, 0.25) is 0 Å². The number of aryl methyl sites for hydroxylation is 1. The summed E-state index contributed by atoms with van der Waals surface area (Å²) in [6.07, 6.45) is 0.876. The molecule has 1 N–H and O–H groups in total. The topological polar surface area (TPSA) is 37.3 Å². The van der Waals surface area contributed by atoms with Crippen molar-refractivity contribution in [2.75, 3.05) is 0 Å². The van der Waals surface area contributed by atoms with E-state index in [2.05, 4.69) is 0 Å². The minimum atomic E-state index is -0.861. The van der Waals surface area contributed by atoms with Gasteiger partial charge in [-0.25, -0.2) is 4.79 Å². The van der Waals surface area contributed by atoms with Gasteiger partial charge in [-0.05, 0) is 24.1 Å². The van der Waals surface area contributed by atoms with E-state index >= 15 is 0 Å². The third kappa shape index (κ3) is 2.74. The molecule has 0 atom stereocenters. The van der Waals surface area contributed by atoms with Crippen molar-refractivity contribution >= 4 is 5.97 Å². The molecule has 0 radical (unpaired) electrons. The van der Waals surface area contributed by atoms with Crippen LogP contribution >= 0.6 is 0 Å². The molecule has 0 unspecified atom stereocenters. The Kier molecular flexibility index (Phi) is 4.76. The molecule has 1 aromatic rings. The zero-order valence-corrected chi connectivity index (χ0v) is 10.0. The number of hydrogen-bond acceptors (Lipinski definition) is 1. The second-order valence-corrected chi connectivity index (χ2v) is 2.36. The van der Waals surface area contributed by atoms with E-state index in [1.807, 2.05) is 13.0 Å². The van der Waals surface area contributed by atoms with Gasteiger partial charge in [0.25, 0.3) is 0 Å². The summed E-state index contributed by atoms with van der Waals surface area (Å²) in [7, 11) is 0. The van der Waals surface area contributed by atoms with Crippen LogP contribution in [0.3, 0.4) is 0 Å². The van der Waals surface area contributed by atoms with Crippen LogP contribution in [0.5, 0.6) is 0 Å². The third-order valence-corrected chi connectivity index (χ3v) is 1.58. The predicted molar refractivity (Wildman–Crippen MR) is 42.8 cm³/mol. The van der Waals surface area contributed by atoms with Crippen molar-refractivity contribution in [1.29, 1.82) is 0 Å². The fourth-order valence-corrected chi connectivity index (χ4v) is 0.924. The summed E-state index contributed by atoms with van der Waals surface area (Å²) < 4.78 is 0. The molecule has 1 aromatic carbocycles. The van der Waals surface area contributed by atoms with Crippen LogP contribution in [0, 0.1) is 0 Å². The molecule has 60 valence electrons. The second-order valence-electron chi connectivity index (χ2n) is 2.36. The summed E-state index contributed by atoms with van der Waals surface area (Å²) >= 11 is 0. The number of aromatic carboxylic acids is 1. The maximum atomic E-state index is 10.5. The predicted octanol–water partition coefficient (Wildman–Crippen LogP) is 1.94. The molecule has 12 heavy (non-hydrogen) atoms. The molecule has 0 heterocycles. The smallest absolute Gasteiger partial charge is 0.335 e. The van der Waals surface area contributed by atoms with Crippen molar-refractivity contribution in [3.8, 4) is 0 Å². The quantitative estimate of drug-likeness (QED) is 0.766. The Morgan fingerprint density at radius 1 is 1.50 bits per heavy atom. The average molecular weight is 216 g/mol. The number of hydrogen-bond donors (Lipinski definition) is 1. The molecule has 0 saturated heterocycles. The molecule has 0 saturated carbocycles. The number of carbonyl (C=O) groups is 1. The summed E-state index contributed by atoms with van der Waals surface area (Å²) in [6, 6.07) is 6.98. The third-order valence-electron chi connectivity index (χ3n) is 1.58. The Morgan fingerprint density at radius 2 is 2.17 bits per heavy atom. The van der Waals surface area contributed by atoms with Gasteiger partial charge in [-0.15, -0.1) is 0 Å². The fourth-order valence-electron chi connectivity index (χ4n) is 0.924. The van der Waals surface area contributed by atoms with Gasteiger partial charge < -0.3 is 5.11 Å². The first-order chi connectivity index (χ1) is 5.24. The average Bonchev–Trinajstić information content (AvgIpc) is 2.05. The van der Waals surface area contributed by atoms with Gasteiger partial charge in [-0.3, -0.25) is 0 Å². The summed E-state index contributed by atoms with van der Waals surface area (Å²) in [5.74, 6) is -0.861. The molecule has 0 fully saturated rings. The summed E-state index contributed by atoms with van der Waals surface area (Å²) in [5, 5.41) is 8.60. The van der Waals surface area contributed by atoms with Crippen LogP contribution in [-0.4, -0.2) is 11.1 Å². The first kappa shape index (κ1) is 11.3. The van der Waals surface area contributed by atoms with Gasteiger partial charge in [0.05, 0.1) is 5.56 Å². The standard InChI is InChI=1S/C9H10O2.Zn/c1-2-7-4-3-5-8(6-7)9(10)11;/h3-6H,2H2,1H3,(H,10,11);. The van der Waals surface area contributed by atoms with Crippen LogP contribution in [-0.2, 0) is 25.9 Å². The Morgan fingerprint density at radius 3 is 2.67 bits per heavy atom. The number of benzene rings is 1. The molecule has 0 aliphatic carbocycles. The van der Waals surface area contributed by atoms with E-state index in [1.165, 1.54) is 0 Å². The van der Waals surface area contributed by atoms with Crippen molar-refractivity contribution in [3.63, 3.8) is 0 Å².